The van der Waals surface area contributed by atoms with E-state index in [0.717, 1.165) is 44.8 Å². The Hall–Kier alpha value is -4.69. The van der Waals surface area contributed by atoms with Crippen LogP contribution in [0.25, 0.3) is 16.9 Å². The van der Waals surface area contributed by atoms with Crippen molar-refractivity contribution in [2.24, 2.45) is 0 Å². The molecule has 3 aromatic carbocycles. The Morgan fingerprint density at radius 2 is 1.67 bits per heavy atom. The summed E-state index contributed by atoms with van der Waals surface area (Å²) in [6.07, 6.45) is 3.39. The van der Waals surface area contributed by atoms with Crippen molar-refractivity contribution in [1.82, 2.24) is 20.1 Å². The Bertz CT molecular complexity index is 1740. The van der Waals surface area contributed by atoms with Gasteiger partial charge in [0, 0.05) is 30.1 Å². The standard InChI is InChI=1S/C34H31N5O2S/c1-23-8-6-12-27(18-23)33-31-32(26-10-4-3-5-11-26)37-39(28-13-7-9-24(2)19-28)34(31)38(30(41)22-42-33)21-29(40)36-20-25-14-16-35-17-15-25/h3-19,33H,20-22H2,1-2H3,(H,36,40). The highest BCUT2D eigenvalue weighted by molar-refractivity contribution is 8.00. The predicted octanol–water partition coefficient (Wildman–Crippen LogP) is 6.04. The maximum absolute atomic E-state index is 13.9. The van der Waals surface area contributed by atoms with Crippen molar-refractivity contribution >= 4 is 29.4 Å². The first-order chi connectivity index (χ1) is 20.5. The molecule has 42 heavy (non-hydrogen) atoms. The Kier molecular flexibility index (Phi) is 7.88. The van der Waals surface area contributed by atoms with Crippen LogP contribution < -0.4 is 10.2 Å². The van der Waals surface area contributed by atoms with Crippen molar-refractivity contribution in [3.63, 3.8) is 0 Å². The summed E-state index contributed by atoms with van der Waals surface area (Å²) in [5.74, 6) is 0.472. The van der Waals surface area contributed by atoms with Crippen LogP contribution in [0.15, 0.2) is 103 Å². The highest BCUT2D eigenvalue weighted by Crippen LogP contribution is 2.48. The molecule has 3 heterocycles. The lowest BCUT2D eigenvalue weighted by Gasteiger charge is -2.23. The van der Waals surface area contributed by atoms with Crippen LogP contribution in [-0.2, 0) is 16.1 Å². The minimum Gasteiger partial charge on any atom is -0.350 e. The number of fused-ring (bicyclic) bond motifs is 1. The van der Waals surface area contributed by atoms with Crippen LogP contribution in [0.5, 0.6) is 0 Å². The molecule has 0 radical (unpaired) electrons. The molecule has 1 N–H and O–H groups in total. The van der Waals surface area contributed by atoms with E-state index in [1.54, 1.807) is 29.1 Å². The molecule has 1 unspecified atom stereocenters. The summed E-state index contributed by atoms with van der Waals surface area (Å²) in [5.41, 5.74) is 7.75. The summed E-state index contributed by atoms with van der Waals surface area (Å²) in [5, 5.41) is 7.98. The highest BCUT2D eigenvalue weighted by atomic mass is 32.2. The van der Waals surface area contributed by atoms with Gasteiger partial charge in [-0.25, -0.2) is 4.68 Å². The molecule has 6 rings (SSSR count). The molecule has 0 fully saturated rings. The third-order valence-electron chi connectivity index (χ3n) is 7.27. The topological polar surface area (TPSA) is 80.1 Å². The molecule has 1 aliphatic rings. The Morgan fingerprint density at radius 3 is 2.40 bits per heavy atom. The number of carbonyl (C=O) groups is 2. The monoisotopic (exact) mass is 573 g/mol. The molecule has 0 saturated carbocycles. The van der Waals surface area contributed by atoms with E-state index in [-0.39, 0.29) is 29.4 Å². The van der Waals surface area contributed by atoms with Gasteiger partial charge in [-0.2, -0.15) is 5.10 Å². The van der Waals surface area contributed by atoms with Gasteiger partial charge in [0.1, 0.15) is 12.4 Å². The van der Waals surface area contributed by atoms with Gasteiger partial charge in [-0.05, 0) is 54.8 Å². The van der Waals surface area contributed by atoms with Gasteiger partial charge in [0.15, 0.2) is 0 Å². The fourth-order valence-electron chi connectivity index (χ4n) is 5.27. The van der Waals surface area contributed by atoms with Crippen LogP contribution in [0.4, 0.5) is 5.82 Å². The normalized spacial score (nSPS) is 14.8. The summed E-state index contributed by atoms with van der Waals surface area (Å²) >= 11 is 1.57. The van der Waals surface area contributed by atoms with Crippen molar-refractivity contribution in [3.8, 4) is 16.9 Å². The van der Waals surface area contributed by atoms with Gasteiger partial charge in [-0.3, -0.25) is 19.5 Å². The zero-order valence-electron chi connectivity index (χ0n) is 23.5. The Morgan fingerprint density at radius 1 is 0.929 bits per heavy atom. The van der Waals surface area contributed by atoms with Crippen LogP contribution in [0.3, 0.4) is 0 Å². The van der Waals surface area contributed by atoms with E-state index in [4.69, 9.17) is 5.10 Å². The van der Waals surface area contributed by atoms with Crippen molar-refractivity contribution in [1.29, 1.82) is 0 Å². The van der Waals surface area contributed by atoms with Crippen molar-refractivity contribution in [3.05, 3.63) is 131 Å². The SMILES string of the molecule is Cc1cccc(C2SCC(=O)N(CC(=O)NCc3ccncc3)c3c2c(-c2ccccc2)nn3-c2cccc(C)c2)c1. The summed E-state index contributed by atoms with van der Waals surface area (Å²) in [6, 6.07) is 30.2. The third-order valence-corrected chi connectivity index (χ3v) is 8.52. The maximum Gasteiger partial charge on any atom is 0.240 e. The molecule has 5 aromatic rings. The summed E-state index contributed by atoms with van der Waals surface area (Å²) in [6.45, 7) is 4.34. The van der Waals surface area contributed by atoms with E-state index in [2.05, 4.69) is 41.5 Å². The first kappa shape index (κ1) is 27.5. The number of anilines is 1. The van der Waals surface area contributed by atoms with Crippen molar-refractivity contribution in [2.45, 2.75) is 25.6 Å². The first-order valence-electron chi connectivity index (χ1n) is 13.9. The number of pyridine rings is 1. The Balaban J connectivity index is 1.52. The lowest BCUT2D eigenvalue weighted by atomic mass is 9.98. The number of aromatic nitrogens is 3. The first-order valence-corrected chi connectivity index (χ1v) is 14.9. The quantitative estimate of drug-likeness (QED) is 0.257. The van der Waals surface area contributed by atoms with Crippen LogP contribution in [0.1, 0.15) is 33.1 Å². The van der Waals surface area contributed by atoms with E-state index in [0.29, 0.717) is 12.4 Å². The van der Waals surface area contributed by atoms with Gasteiger partial charge in [-0.1, -0.05) is 72.3 Å². The number of nitrogens with one attached hydrogen (secondary N) is 1. The van der Waals surface area contributed by atoms with Crippen LogP contribution in [0.2, 0.25) is 0 Å². The van der Waals surface area contributed by atoms with Gasteiger partial charge in [-0.15, -0.1) is 11.8 Å². The molecule has 210 valence electrons. The van der Waals surface area contributed by atoms with Crippen molar-refractivity contribution < 1.29 is 9.59 Å². The van der Waals surface area contributed by atoms with Gasteiger partial charge in [0.2, 0.25) is 11.8 Å². The van der Waals surface area contributed by atoms with Gasteiger partial charge in [0.05, 0.1) is 22.4 Å². The molecular weight excluding hydrogens is 542 g/mol. The van der Waals surface area contributed by atoms with E-state index in [9.17, 15) is 9.59 Å². The van der Waals surface area contributed by atoms with Crippen LogP contribution in [-0.4, -0.2) is 38.9 Å². The van der Waals surface area contributed by atoms with E-state index < -0.39 is 0 Å². The molecule has 2 aromatic heterocycles. The number of nitrogens with zero attached hydrogens (tertiary/aromatic N) is 4. The largest absolute Gasteiger partial charge is 0.350 e. The molecule has 1 atom stereocenters. The fourth-order valence-corrected chi connectivity index (χ4v) is 6.45. The maximum atomic E-state index is 13.9. The minimum atomic E-state index is -0.247. The molecule has 8 heteroatoms. The highest BCUT2D eigenvalue weighted by Gasteiger charge is 2.37. The second kappa shape index (κ2) is 12.0. The van der Waals surface area contributed by atoms with Crippen molar-refractivity contribution in [2.75, 3.05) is 17.2 Å². The average Bonchev–Trinajstić information content (AvgIpc) is 3.33. The smallest absolute Gasteiger partial charge is 0.240 e. The Labute approximate surface area is 249 Å². The number of hydrogen-bond donors (Lipinski definition) is 1. The number of aryl methyl sites for hydroxylation is 2. The lowest BCUT2D eigenvalue weighted by molar-refractivity contribution is -0.123. The molecule has 0 saturated heterocycles. The van der Waals surface area contributed by atoms with E-state index in [1.165, 1.54) is 0 Å². The number of carbonyl (C=O) groups excluding carboxylic acids is 2. The van der Waals surface area contributed by atoms with Gasteiger partial charge < -0.3 is 5.32 Å². The fraction of sp³-hybridized carbons (Fsp3) is 0.176. The summed E-state index contributed by atoms with van der Waals surface area (Å²) in [7, 11) is 0. The predicted molar refractivity (Wildman–Crippen MR) is 168 cm³/mol. The van der Waals surface area contributed by atoms with E-state index in [1.807, 2.05) is 78.3 Å². The van der Waals surface area contributed by atoms with Crippen LogP contribution in [0, 0.1) is 13.8 Å². The van der Waals surface area contributed by atoms with Gasteiger partial charge in [0.25, 0.3) is 0 Å². The average molecular weight is 574 g/mol. The number of thioether (sulfide) groups is 1. The second-order valence-corrected chi connectivity index (χ2v) is 11.5. The number of benzene rings is 3. The molecule has 2 amide bonds. The summed E-state index contributed by atoms with van der Waals surface area (Å²) in [4.78, 5) is 32.9. The lowest BCUT2D eigenvalue weighted by Crippen LogP contribution is -2.42. The zero-order chi connectivity index (χ0) is 29.1. The number of hydrogen-bond acceptors (Lipinski definition) is 5. The molecule has 7 nitrogen and oxygen atoms in total. The number of amides is 2. The number of rotatable bonds is 7. The molecule has 0 bridgehead atoms. The molecule has 0 aliphatic carbocycles. The summed E-state index contributed by atoms with van der Waals surface area (Å²) < 4.78 is 1.84. The third kappa shape index (κ3) is 5.71. The minimum absolute atomic E-state index is 0.121. The zero-order valence-corrected chi connectivity index (χ0v) is 24.3. The molecule has 0 spiro atoms. The molecular formula is C34H31N5O2S. The second-order valence-electron chi connectivity index (χ2n) is 10.4. The van der Waals surface area contributed by atoms with E-state index >= 15 is 0 Å². The van der Waals surface area contributed by atoms with Gasteiger partial charge >= 0.3 is 0 Å². The molecule has 1 aliphatic heterocycles. The van der Waals surface area contributed by atoms with Crippen LogP contribution >= 0.6 is 11.8 Å².